The maximum atomic E-state index is 12.6. The Labute approximate surface area is 137 Å². The molecule has 0 bridgehead atoms. The van der Waals surface area contributed by atoms with Crippen molar-refractivity contribution in [3.05, 3.63) is 68.9 Å². The normalized spacial score (nSPS) is 10.7. The summed E-state index contributed by atoms with van der Waals surface area (Å²) in [4.78, 5) is 16.9. The molecule has 5 heteroatoms. The number of thiophene rings is 2. The Kier molecular flexibility index (Phi) is 5.08. The van der Waals surface area contributed by atoms with Gasteiger partial charge in [0.1, 0.15) is 0 Å². The number of amides is 1. The van der Waals surface area contributed by atoms with Crippen LogP contribution in [0, 0.1) is 0 Å². The maximum absolute atomic E-state index is 12.6. The summed E-state index contributed by atoms with van der Waals surface area (Å²) in [6, 6.07) is 10.1. The molecule has 3 heterocycles. The zero-order chi connectivity index (χ0) is 15.2. The van der Waals surface area contributed by atoms with Gasteiger partial charge in [-0.05, 0) is 35.4 Å². The van der Waals surface area contributed by atoms with Gasteiger partial charge < -0.3 is 9.32 Å². The van der Waals surface area contributed by atoms with Crippen LogP contribution in [0.25, 0.3) is 0 Å². The zero-order valence-corrected chi connectivity index (χ0v) is 13.7. The van der Waals surface area contributed by atoms with Crippen molar-refractivity contribution in [2.45, 2.75) is 19.4 Å². The summed E-state index contributed by atoms with van der Waals surface area (Å²) < 4.78 is 5.12. The number of rotatable bonds is 7. The van der Waals surface area contributed by atoms with Crippen molar-refractivity contribution in [3.63, 3.8) is 0 Å². The lowest BCUT2D eigenvalue weighted by Crippen LogP contribution is -2.33. The molecule has 114 valence electrons. The van der Waals surface area contributed by atoms with Gasteiger partial charge in [-0.15, -0.1) is 22.7 Å². The first-order valence-electron chi connectivity index (χ1n) is 7.15. The van der Waals surface area contributed by atoms with E-state index in [1.54, 1.807) is 35.2 Å². The lowest BCUT2D eigenvalue weighted by molar-refractivity contribution is -0.131. The van der Waals surface area contributed by atoms with E-state index in [1.807, 2.05) is 34.5 Å². The summed E-state index contributed by atoms with van der Waals surface area (Å²) in [6.45, 7) is 1.34. The first kappa shape index (κ1) is 15.1. The summed E-state index contributed by atoms with van der Waals surface area (Å²) in [6.07, 6.45) is 4.72. The third-order valence-electron chi connectivity index (χ3n) is 3.42. The quantitative estimate of drug-likeness (QED) is 0.649. The Morgan fingerprint density at radius 2 is 1.86 bits per heavy atom. The van der Waals surface area contributed by atoms with E-state index in [0.29, 0.717) is 13.0 Å². The van der Waals surface area contributed by atoms with E-state index in [0.717, 1.165) is 23.4 Å². The van der Waals surface area contributed by atoms with Crippen LogP contribution in [0.1, 0.15) is 15.3 Å². The molecule has 0 unspecified atom stereocenters. The predicted octanol–water partition coefficient (Wildman–Crippen LogP) is 4.22. The van der Waals surface area contributed by atoms with E-state index in [1.165, 1.54) is 4.88 Å². The SMILES string of the molecule is O=C(Cc1cccs1)N(CCc1cccs1)Cc1ccoc1. The van der Waals surface area contributed by atoms with Crippen LogP contribution in [0.4, 0.5) is 0 Å². The van der Waals surface area contributed by atoms with E-state index in [2.05, 4.69) is 11.4 Å². The largest absolute Gasteiger partial charge is 0.472 e. The lowest BCUT2D eigenvalue weighted by Gasteiger charge is -2.21. The second-order valence-electron chi connectivity index (χ2n) is 5.03. The lowest BCUT2D eigenvalue weighted by atomic mass is 10.2. The van der Waals surface area contributed by atoms with E-state index in [9.17, 15) is 4.79 Å². The van der Waals surface area contributed by atoms with E-state index < -0.39 is 0 Å². The monoisotopic (exact) mass is 331 g/mol. The van der Waals surface area contributed by atoms with Gasteiger partial charge >= 0.3 is 0 Å². The highest BCUT2D eigenvalue weighted by Crippen LogP contribution is 2.15. The predicted molar refractivity (Wildman–Crippen MR) is 90.2 cm³/mol. The molecular weight excluding hydrogens is 314 g/mol. The molecule has 0 atom stereocenters. The molecule has 0 aliphatic rings. The summed E-state index contributed by atoms with van der Waals surface area (Å²) in [7, 11) is 0. The number of hydrogen-bond donors (Lipinski definition) is 0. The molecule has 3 rings (SSSR count). The van der Waals surface area contributed by atoms with E-state index >= 15 is 0 Å². The molecule has 0 radical (unpaired) electrons. The van der Waals surface area contributed by atoms with Gasteiger partial charge in [0.05, 0.1) is 18.9 Å². The van der Waals surface area contributed by atoms with Crippen LogP contribution in [-0.4, -0.2) is 17.4 Å². The van der Waals surface area contributed by atoms with Crippen molar-refractivity contribution in [3.8, 4) is 0 Å². The summed E-state index contributed by atoms with van der Waals surface area (Å²) in [5, 5.41) is 4.08. The van der Waals surface area contributed by atoms with Crippen LogP contribution < -0.4 is 0 Å². The first-order valence-corrected chi connectivity index (χ1v) is 8.91. The first-order chi connectivity index (χ1) is 10.8. The number of furan rings is 1. The topological polar surface area (TPSA) is 33.5 Å². The van der Waals surface area contributed by atoms with Crippen molar-refractivity contribution in [2.24, 2.45) is 0 Å². The Morgan fingerprint density at radius 1 is 1.09 bits per heavy atom. The minimum Gasteiger partial charge on any atom is -0.472 e. The summed E-state index contributed by atoms with van der Waals surface area (Å²) >= 11 is 3.36. The highest BCUT2D eigenvalue weighted by molar-refractivity contribution is 7.10. The Morgan fingerprint density at radius 3 is 2.50 bits per heavy atom. The molecular formula is C17H17NO2S2. The second-order valence-corrected chi connectivity index (χ2v) is 7.10. The zero-order valence-electron chi connectivity index (χ0n) is 12.1. The van der Waals surface area contributed by atoms with Crippen molar-refractivity contribution in [1.29, 1.82) is 0 Å². The highest BCUT2D eigenvalue weighted by Gasteiger charge is 2.16. The summed E-state index contributed by atoms with van der Waals surface area (Å²) in [5.41, 5.74) is 1.03. The maximum Gasteiger partial charge on any atom is 0.228 e. The molecule has 0 N–H and O–H groups in total. The van der Waals surface area contributed by atoms with E-state index in [4.69, 9.17) is 4.42 Å². The molecule has 0 spiro atoms. The Bertz CT molecular complexity index is 672. The van der Waals surface area contributed by atoms with Crippen LogP contribution in [-0.2, 0) is 24.2 Å². The highest BCUT2D eigenvalue weighted by atomic mass is 32.1. The molecule has 1 amide bonds. The number of carbonyl (C=O) groups excluding carboxylic acids is 1. The molecule has 0 saturated heterocycles. The van der Waals surface area contributed by atoms with Crippen LogP contribution >= 0.6 is 22.7 Å². The van der Waals surface area contributed by atoms with Gasteiger partial charge in [0.15, 0.2) is 0 Å². The number of nitrogens with zero attached hydrogens (tertiary/aromatic N) is 1. The smallest absolute Gasteiger partial charge is 0.228 e. The van der Waals surface area contributed by atoms with Crippen LogP contribution in [0.3, 0.4) is 0 Å². The molecule has 3 aromatic rings. The van der Waals surface area contributed by atoms with Gasteiger partial charge in [-0.25, -0.2) is 0 Å². The standard InChI is InChI=1S/C17H17NO2S2/c19-17(11-16-4-2-10-22-16)18(12-14-6-8-20-13-14)7-5-15-3-1-9-21-15/h1-4,6,8-10,13H,5,7,11-12H2. The number of carbonyl (C=O) groups is 1. The van der Waals surface area contributed by atoms with Crippen LogP contribution in [0.5, 0.6) is 0 Å². The second kappa shape index (κ2) is 7.42. The van der Waals surface area contributed by atoms with Gasteiger partial charge in [-0.1, -0.05) is 12.1 Å². The van der Waals surface area contributed by atoms with Gasteiger partial charge in [-0.3, -0.25) is 4.79 Å². The third kappa shape index (κ3) is 4.08. The fourth-order valence-corrected chi connectivity index (χ4v) is 3.66. The van der Waals surface area contributed by atoms with Crippen molar-refractivity contribution in [2.75, 3.05) is 6.54 Å². The average molecular weight is 331 g/mol. The Balaban J connectivity index is 1.65. The molecule has 0 aliphatic carbocycles. The van der Waals surface area contributed by atoms with Crippen molar-refractivity contribution in [1.82, 2.24) is 4.90 Å². The Hall–Kier alpha value is -1.85. The molecule has 3 nitrogen and oxygen atoms in total. The molecule has 0 aliphatic heterocycles. The fourth-order valence-electron chi connectivity index (χ4n) is 2.27. The molecule has 0 aromatic carbocycles. The average Bonchev–Trinajstić information content (AvgIpc) is 3.26. The molecule has 3 aromatic heterocycles. The third-order valence-corrected chi connectivity index (χ3v) is 5.23. The van der Waals surface area contributed by atoms with Gasteiger partial charge in [0, 0.05) is 28.4 Å². The van der Waals surface area contributed by atoms with Crippen LogP contribution in [0.2, 0.25) is 0 Å². The molecule has 22 heavy (non-hydrogen) atoms. The van der Waals surface area contributed by atoms with E-state index in [-0.39, 0.29) is 5.91 Å². The minimum absolute atomic E-state index is 0.167. The molecule has 0 saturated carbocycles. The van der Waals surface area contributed by atoms with Gasteiger partial charge in [0.2, 0.25) is 5.91 Å². The summed E-state index contributed by atoms with van der Waals surface area (Å²) in [5.74, 6) is 0.167. The van der Waals surface area contributed by atoms with Gasteiger partial charge in [-0.2, -0.15) is 0 Å². The van der Waals surface area contributed by atoms with Crippen molar-refractivity contribution < 1.29 is 9.21 Å². The van der Waals surface area contributed by atoms with Crippen molar-refractivity contribution >= 4 is 28.6 Å². The number of hydrogen-bond acceptors (Lipinski definition) is 4. The fraction of sp³-hybridized carbons (Fsp3) is 0.235. The van der Waals surface area contributed by atoms with Crippen LogP contribution in [0.15, 0.2) is 58.0 Å². The minimum atomic E-state index is 0.167. The molecule has 0 fully saturated rings. The van der Waals surface area contributed by atoms with Gasteiger partial charge in [0.25, 0.3) is 0 Å².